The molecule has 1 atom stereocenters. The van der Waals surface area contributed by atoms with Crippen LogP contribution in [0.3, 0.4) is 0 Å². The summed E-state index contributed by atoms with van der Waals surface area (Å²) in [7, 11) is 0. The molecule has 0 bridgehead atoms. The van der Waals surface area contributed by atoms with E-state index in [2.05, 4.69) is 5.32 Å². The van der Waals surface area contributed by atoms with E-state index in [0.717, 1.165) is 11.1 Å². The summed E-state index contributed by atoms with van der Waals surface area (Å²) in [6.07, 6.45) is 0. The molecule has 0 radical (unpaired) electrons. The van der Waals surface area contributed by atoms with Crippen LogP contribution in [0.4, 0.5) is 4.39 Å². The molecule has 2 rings (SSSR count). The first-order valence-corrected chi connectivity index (χ1v) is 6.76. The molecule has 2 aromatic rings. The van der Waals surface area contributed by atoms with Crippen molar-refractivity contribution >= 4 is 0 Å². The summed E-state index contributed by atoms with van der Waals surface area (Å²) in [6, 6.07) is 16.2. The second kappa shape index (κ2) is 7.41. The number of rotatable bonds is 6. The number of halogens is 1. The number of benzene rings is 2. The van der Waals surface area contributed by atoms with Crippen LogP contribution in [0.5, 0.6) is 5.75 Å². The average molecular weight is 284 g/mol. The van der Waals surface area contributed by atoms with E-state index < -0.39 is 0 Å². The summed E-state index contributed by atoms with van der Waals surface area (Å²) in [4.78, 5) is 0. The molecular formula is C17H17FN2O. The van der Waals surface area contributed by atoms with Gasteiger partial charge in [0, 0.05) is 12.6 Å². The highest BCUT2D eigenvalue weighted by atomic mass is 19.1. The number of ether oxygens (including phenoxy) is 1. The van der Waals surface area contributed by atoms with E-state index in [1.165, 1.54) is 12.1 Å². The minimum atomic E-state index is -0.223. The summed E-state index contributed by atoms with van der Waals surface area (Å²) in [5.41, 5.74) is 2.17. The first-order valence-electron chi connectivity index (χ1n) is 6.76. The molecule has 108 valence electrons. The van der Waals surface area contributed by atoms with Crippen molar-refractivity contribution < 1.29 is 9.13 Å². The van der Waals surface area contributed by atoms with Gasteiger partial charge in [-0.15, -0.1) is 0 Å². The van der Waals surface area contributed by atoms with Gasteiger partial charge in [0.1, 0.15) is 17.6 Å². The van der Waals surface area contributed by atoms with Crippen molar-refractivity contribution in [3.8, 4) is 11.8 Å². The topological polar surface area (TPSA) is 45.0 Å². The van der Waals surface area contributed by atoms with Gasteiger partial charge in [0.15, 0.2) is 6.61 Å². The van der Waals surface area contributed by atoms with E-state index in [-0.39, 0.29) is 18.5 Å². The highest BCUT2D eigenvalue weighted by Crippen LogP contribution is 2.15. The van der Waals surface area contributed by atoms with Crippen LogP contribution in [-0.2, 0) is 6.54 Å². The Morgan fingerprint density at radius 2 is 1.81 bits per heavy atom. The van der Waals surface area contributed by atoms with Gasteiger partial charge < -0.3 is 10.1 Å². The predicted octanol–water partition coefficient (Wildman–Crippen LogP) is 3.58. The van der Waals surface area contributed by atoms with Gasteiger partial charge in [0.05, 0.1) is 0 Å². The van der Waals surface area contributed by atoms with Gasteiger partial charge in [-0.2, -0.15) is 5.26 Å². The lowest BCUT2D eigenvalue weighted by Gasteiger charge is -2.14. The Morgan fingerprint density at radius 3 is 2.43 bits per heavy atom. The van der Waals surface area contributed by atoms with Crippen molar-refractivity contribution in [1.82, 2.24) is 5.32 Å². The zero-order valence-electron chi connectivity index (χ0n) is 11.8. The highest BCUT2D eigenvalue weighted by Gasteiger charge is 2.05. The fourth-order valence-electron chi connectivity index (χ4n) is 1.96. The number of hydrogen-bond acceptors (Lipinski definition) is 3. The molecule has 4 heteroatoms. The molecule has 21 heavy (non-hydrogen) atoms. The maximum Gasteiger partial charge on any atom is 0.174 e. The van der Waals surface area contributed by atoms with Crippen LogP contribution >= 0.6 is 0 Å². The third-order valence-electron chi connectivity index (χ3n) is 3.21. The van der Waals surface area contributed by atoms with Crippen LogP contribution in [-0.4, -0.2) is 6.61 Å². The molecule has 0 aliphatic heterocycles. The molecule has 1 N–H and O–H groups in total. The molecule has 0 unspecified atom stereocenters. The second-order valence-corrected chi connectivity index (χ2v) is 4.74. The Morgan fingerprint density at radius 1 is 1.14 bits per heavy atom. The molecule has 0 fully saturated rings. The van der Waals surface area contributed by atoms with Crippen molar-refractivity contribution in [2.45, 2.75) is 19.5 Å². The molecule has 3 nitrogen and oxygen atoms in total. The van der Waals surface area contributed by atoms with Crippen LogP contribution in [0.2, 0.25) is 0 Å². The fraction of sp³-hybridized carbons (Fsp3) is 0.235. The maximum absolute atomic E-state index is 12.9. The van der Waals surface area contributed by atoms with Gasteiger partial charge in [0.25, 0.3) is 0 Å². The van der Waals surface area contributed by atoms with Crippen molar-refractivity contribution in [2.24, 2.45) is 0 Å². The predicted molar refractivity (Wildman–Crippen MR) is 79.2 cm³/mol. The Labute approximate surface area is 124 Å². The first-order chi connectivity index (χ1) is 10.2. The lowest BCUT2D eigenvalue weighted by molar-refractivity contribution is 0.368. The minimum absolute atomic E-state index is 0.0548. The van der Waals surface area contributed by atoms with E-state index in [1.54, 1.807) is 12.1 Å². The van der Waals surface area contributed by atoms with Gasteiger partial charge in [-0.3, -0.25) is 0 Å². The third-order valence-corrected chi connectivity index (χ3v) is 3.21. The van der Waals surface area contributed by atoms with E-state index >= 15 is 0 Å². The summed E-state index contributed by atoms with van der Waals surface area (Å²) in [6.45, 7) is 2.80. The Bertz CT molecular complexity index is 602. The van der Waals surface area contributed by atoms with E-state index in [4.69, 9.17) is 10.00 Å². The SMILES string of the molecule is C[C@H](NCc1ccc(OCC#N)cc1)c1ccc(F)cc1. The quantitative estimate of drug-likeness (QED) is 0.882. The minimum Gasteiger partial charge on any atom is -0.479 e. The lowest BCUT2D eigenvalue weighted by Crippen LogP contribution is -2.18. The zero-order valence-corrected chi connectivity index (χ0v) is 11.8. The summed E-state index contributed by atoms with van der Waals surface area (Å²) < 4.78 is 18.1. The van der Waals surface area contributed by atoms with Crippen LogP contribution in [0, 0.1) is 17.1 Å². The van der Waals surface area contributed by atoms with E-state index in [1.807, 2.05) is 37.3 Å². The molecule has 0 saturated heterocycles. The number of hydrogen-bond donors (Lipinski definition) is 1. The Hall–Kier alpha value is -2.38. The molecule has 0 aliphatic carbocycles. The van der Waals surface area contributed by atoms with Crippen LogP contribution in [0.15, 0.2) is 48.5 Å². The molecule has 0 aromatic heterocycles. The number of nitrogens with one attached hydrogen (secondary N) is 1. The van der Waals surface area contributed by atoms with Crippen molar-refractivity contribution in [3.05, 3.63) is 65.5 Å². The maximum atomic E-state index is 12.9. The van der Waals surface area contributed by atoms with E-state index in [9.17, 15) is 4.39 Å². The average Bonchev–Trinajstić information content (AvgIpc) is 2.52. The van der Waals surface area contributed by atoms with Crippen LogP contribution in [0.1, 0.15) is 24.1 Å². The van der Waals surface area contributed by atoms with Gasteiger partial charge in [-0.25, -0.2) is 4.39 Å². The van der Waals surface area contributed by atoms with Gasteiger partial charge in [-0.05, 0) is 42.3 Å². The molecule has 0 saturated carbocycles. The van der Waals surface area contributed by atoms with Crippen LogP contribution in [0.25, 0.3) is 0 Å². The molecular weight excluding hydrogens is 267 g/mol. The normalized spacial score (nSPS) is 11.7. The molecule has 0 aliphatic rings. The zero-order chi connectivity index (χ0) is 15.1. The summed E-state index contributed by atoms with van der Waals surface area (Å²) >= 11 is 0. The highest BCUT2D eigenvalue weighted by molar-refractivity contribution is 5.27. The molecule has 0 spiro atoms. The molecule has 0 heterocycles. The smallest absolute Gasteiger partial charge is 0.174 e. The lowest BCUT2D eigenvalue weighted by atomic mass is 10.1. The molecule has 0 amide bonds. The van der Waals surface area contributed by atoms with E-state index in [0.29, 0.717) is 12.3 Å². The van der Waals surface area contributed by atoms with Crippen molar-refractivity contribution in [1.29, 1.82) is 5.26 Å². The van der Waals surface area contributed by atoms with Gasteiger partial charge >= 0.3 is 0 Å². The van der Waals surface area contributed by atoms with Crippen LogP contribution < -0.4 is 10.1 Å². The number of nitrogens with zero attached hydrogens (tertiary/aromatic N) is 1. The molecule has 2 aromatic carbocycles. The standard InChI is InChI=1S/C17H17FN2O/c1-13(15-4-6-16(18)7-5-15)20-12-14-2-8-17(9-3-14)21-11-10-19/h2-9,13,20H,11-12H2,1H3/t13-/m0/s1. The number of nitriles is 1. The van der Waals surface area contributed by atoms with Crippen molar-refractivity contribution in [3.63, 3.8) is 0 Å². The van der Waals surface area contributed by atoms with Crippen molar-refractivity contribution in [2.75, 3.05) is 6.61 Å². The third kappa shape index (κ3) is 4.59. The largest absolute Gasteiger partial charge is 0.479 e. The fourth-order valence-corrected chi connectivity index (χ4v) is 1.96. The Balaban J connectivity index is 1.87. The van der Waals surface area contributed by atoms with Gasteiger partial charge in [0.2, 0.25) is 0 Å². The summed E-state index contributed by atoms with van der Waals surface area (Å²) in [5, 5.41) is 11.8. The second-order valence-electron chi connectivity index (χ2n) is 4.74. The Kier molecular flexibility index (Phi) is 5.30. The summed E-state index contributed by atoms with van der Waals surface area (Å²) in [5.74, 6) is 0.464. The monoisotopic (exact) mass is 284 g/mol. The van der Waals surface area contributed by atoms with Gasteiger partial charge in [-0.1, -0.05) is 24.3 Å². The first kappa shape index (κ1) is 15.0.